The van der Waals surface area contributed by atoms with E-state index in [-0.39, 0.29) is 18.0 Å². The topological polar surface area (TPSA) is 55.8 Å². The van der Waals surface area contributed by atoms with Crippen molar-refractivity contribution >= 4 is 11.9 Å². The maximum atomic E-state index is 12.8. The van der Waals surface area contributed by atoms with E-state index in [1.807, 2.05) is 0 Å². The van der Waals surface area contributed by atoms with Gasteiger partial charge in [-0.05, 0) is 83.1 Å². The Bertz CT molecular complexity index is 756. The number of ether oxygens (including phenoxy) is 2. The van der Waals surface area contributed by atoms with Gasteiger partial charge in [0.25, 0.3) is 0 Å². The van der Waals surface area contributed by atoms with Crippen molar-refractivity contribution in [2.75, 3.05) is 19.7 Å². The maximum absolute atomic E-state index is 12.8. The van der Waals surface area contributed by atoms with E-state index in [0.717, 1.165) is 44.9 Å². The zero-order valence-electron chi connectivity index (χ0n) is 35.0. The summed E-state index contributed by atoms with van der Waals surface area (Å²) in [5.74, 6) is 0.753. The van der Waals surface area contributed by atoms with Gasteiger partial charge >= 0.3 is 11.9 Å². The largest absolute Gasteiger partial charge is 0.466 e. The summed E-state index contributed by atoms with van der Waals surface area (Å²) in [5.41, 5.74) is 0. The Balaban J connectivity index is 2.21. The first kappa shape index (κ1) is 47.9. The van der Waals surface area contributed by atoms with Crippen molar-refractivity contribution in [1.82, 2.24) is 4.90 Å². The summed E-state index contributed by atoms with van der Waals surface area (Å²) in [6.45, 7) is 12.1. The zero-order valence-corrected chi connectivity index (χ0v) is 35.0. The molecule has 1 saturated heterocycles. The lowest BCUT2D eigenvalue weighted by Gasteiger charge is -2.23. The van der Waals surface area contributed by atoms with E-state index in [0.29, 0.717) is 31.4 Å². The summed E-state index contributed by atoms with van der Waals surface area (Å²) in [4.78, 5) is 27.8. The Labute approximate surface area is 318 Å². The van der Waals surface area contributed by atoms with Crippen molar-refractivity contribution in [3.8, 4) is 0 Å². The second-order valence-corrected chi connectivity index (χ2v) is 16.4. The average Bonchev–Trinajstić information content (AvgIpc) is 3.50. The summed E-state index contributed by atoms with van der Waals surface area (Å²) >= 11 is 0. The molecule has 51 heavy (non-hydrogen) atoms. The second-order valence-electron chi connectivity index (χ2n) is 16.4. The van der Waals surface area contributed by atoms with Gasteiger partial charge in [-0.3, -0.25) is 9.59 Å². The molecule has 5 heteroatoms. The van der Waals surface area contributed by atoms with Gasteiger partial charge in [0.15, 0.2) is 0 Å². The van der Waals surface area contributed by atoms with E-state index < -0.39 is 0 Å². The molecular formula is C46H89NO4. The van der Waals surface area contributed by atoms with Crippen molar-refractivity contribution in [3.05, 3.63) is 0 Å². The fourth-order valence-corrected chi connectivity index (χ4v) is 8.18. The van der Waals surface area contributed by atoms with E-state index in [1.165, 1.54) is 174 Å². The summed E-state index contributed by atoms with van der Waals surface area (Å²) in [6.07, 6.45) is 40.9. The van der Waals surface area contributed by atoms with Gasteiger partial charge in [-0.25, -0.2) is 0 Å². The van der Waals surface area contributed by atoms with Crippen LogP contribution < -0.4 is 0 Å². The van der Waals surface area contributed by atoms with Crippen LogP contribution in [0.5, 0.6) is 0 Å². The number of carbonyl (C=O) groups is 2. The van der Waals surface area contributed by atoms with Crippen LogP contribution >= 0.6 is 0 Å². The van der Waals surface area contributed by atoms with E-state index in [9.17, 15) is 9.59 Å². The number of esters is 2. The van der Waals surface area contributed by atoms with Gasteiger partial charge in [0.1, 0.15) is 6.10 Å². The molecule has 0 aromatic heterocycles. The van der Waals surface area contributed by atoms with Crippen LogP contribution in [0, 0.1) is 5.92 Å². The standard InChI is InChI=1S/C46H89NO4/c1-5-9-12-15-18-19-20-25-30-39-50-45(48)37-31-32-42-40-43(47(41-42)38-8-4)33-26-23-24-29-36-46(49)51-44(34-27-21-16-13-10-6-2)35-28-22-17-14-11-7-3/h42-44H,5-41H2,1-4H3. The third kappa shape index (κ3) is 29.0. The Morgan fingerprint density at radius 1 is 0.529 bits per heavy atom. The summed E-state index contributed by atoms with van der Waals surface area (Å²) in [7, 11) is 0. The van der Waals surface area contributed by atoms with Crippen LogP contribution in [0.3, 0.4) is 0 Å². The highest BCUT2D eigenvalue weighted by atomic mass is 16.5. The third-order valence-corrected chi connectivity index (χ3v) is 11.4. The number of hydrogen-bond acceptors (Lipinski definition) is 5. The molecule has 302 valence electrons. The predicted molar refractivity (Wildman–Crippen MR) is 219 cm³/mol. The highest BCUT2D eigenvalue weighted by Gasteiger charge is 2.30. The number of nitrogens with zero attached hydrogens (tertiary/aromatic N) is 1. The van der Waals surface area contributed by atoms with Crippen molar-refractivity contribution in [2.45, 2.75) is 258 Å². The summed E-state index contributed by atoms with van der Waals surface area (Å²) in [6, 6.07) is 0.684. The number of rotatable bonds is 38. The molecule has 1 aliphatic heterocycles. The molecule has 0 saturated carbocycles. The fourth-order valence-electron chi connectivity index (χ4n) is 8.18. The lowest BCUT2D eigenvalue weighted by molar-refractivity contribution is -0.150. The molecule has 0 amide bonds. The van der Waals surface area contributed by atoms with Gasteiger partial charge in [-0.2, -0.15) is 0 Å². The zero-order chi connectivity index (χ0) is 37.0. The van der Waals surface area contributed by atoms with E-state index >= 15 is 0 Å². The monoisotopic (exact) mass is 720 g/mol. The van der Waals surface area contributed by atoms with E-state index in [1.54, 1.807) is 0 Å². The van der Waals surface area contributed by atoms with Crippen LogP contribution in [0.4, 0.5) is 0 Å². The van der Waals surface area contributed by atoms with Crippen LogP contribution in [-0.4, -0.2) is 48.7 Å². The molecule has 0 N–H and O–H groups in total. The number of hydrogen-bond donors (Lipinski definition) is 0. The molecule has 0 spiro atoms. The summed E-state index contributed by atoms with van der Waals surface area (Å²) in [5, 5.41) is 0. The molecule has 0 aromatic carbocycles. The number of unbranched alkanes of at least 4 members (excludes halogenated alkanes) is 21. The molecule has 0 bridgehead atoms. The first-order valence-corrected chi connectivity index (χ1v) is 23.1. The van der Waals surface area contributed by atoms with E-state index in [2.05, 4.69) is 32.6 Å². The predicted octanol–water partition coefficient (Wildman–Crippen LogP) is 14.1. The van der Waals surface area contributed by atoms with E-state index in [4.69, 9.17) is 9.47 Å². The number of carbonyl (C=O) groups excluding carboxylic acids is 2. The highest BCUT2D eigenvalue weighted by Crippen LogP contribution is 2.31. The Kier molecular flexibility index (Phi) is 33.7. The van der Waals surface area contributed by atoms with Crippen molar-refractivity contribution in [3.63, 3.8) is 0 Å². The third-order valence-electron chi connectivity index (χ3n) is 11.4. The first-order valence-electron chi connectivity index (χ1n) is 23.1. The van der Waals surface area contributed by atoms with Gasteiger partial charge in [-0.1, -0.05) is 163 Å². The lowest BCUT2D eigenvalue weighted by Crippen LogP contribution is -2.30. The average molecular weight is 720 g/mol. The van der Waals surface area contributed by atoms with Crippen LogP contribution in [0.15, 0.2) is 0 Å². The Hall–Kier alpha value is -1.10. The Morgan fingerprint density at radius 3 is 1.59 bits per heavy atom. The van der Waals surface area contributed by atoms with Crippen LogP contribution in [-0.2, 0) is 19.1 Å². The molecular weight excluding hydrogens is 631 g/mol. The fraction of sp³-hybridized carbons (Fsp3) is 0.957. The maximum Gasteiger partial charge on any atom is 0.306 e. The van der Waals surface area contributed by atoms with Gasteiger partial charge in [-0.15, -0.1) is 0 Å². The molecule has 1 fully saturated rings. The minimum absolute atomic E-state index is 0.00420. The molecule has 0 radical (unpaired) electrons. The van der Waals surface area contributed by atoms with Gasteiger partial charge in [0, 0.05) is 25.4 Å². The smallest absolute Gasteiger partial charge is 0.306 e. The second kappa shape index (κ2) is 35.9. The Morgan fingerprint density at radius 2 is 1.02 bits per heavy atom. The van der Waals surface area contributed by atoms with Crippen molar-refractivity contribution in [1.29, 1.82) is 0 Å². The molecule has 1 heterocycles. The molecule has 0 aliphatic carbocycles. The van der Waals surface area contributed by atoms with Gasteiger partial charge in [0.05, 0.1) is 6.61 Å². The lowest BCUT2D eigenvalue weighted by atomic mass is 9.96. The minimum Gasteiger partial charge on any atom is -0.466 e. The van der Waals surface area contributed by atoms with Gasteiger partial charge in [0.2, 0.25) is 0 Å². The van der Waals surface area contributed by atoms with Gasteiger partial charge < -0.3 is 14.4 Å². The molecule has 0 aromatic rings. The number of likely N-dealkylation sites (tertiary alicyclic amines) is 1. The first-order chi connectivity index (χ1) is 25.0. The molecule has 2 atom stereocenters. The molecule has 2 unspecified atom stereocenters. The highest BCUT2D eigenvalue weighted by molar-refractivity contribution is 5.69. The SMILES string of the molecule is CCCCCCCCCCCOC(=O)CCCC1CC(CCCCCCC(=O)OC(CCCCCCCC)CCCCCCCC)N(CCC)C1. The molecule has 1 rings (SSSR count). The van der Waals surface area contributed by atoms with Crippen LogP contribution in [0.2, 0.25) is 0 Å². The van der Waals surface area contributed by atoms with Crippen molar-refractivity contribution < 1.29 is 19.1 Å². The van der Waals surface area contributed by atoms with Crippen LogP contribution in [0.25, 0.3) is 0 Å². The minimum atomic E-state index is 0.00420. The molecule has 1 aliphatic rings. The normalized spacial score (nSPS) is 16.3. The molecule has 5 nitrogen and oxygen atoms in total. The quantitative estimate of drug-likeness (QED) is 0.0470. The summed E-state index contributed by atoms with van der Waals surface area (Å²) < 4.78 is 11.6. The van der Waals surface area contributed by atoms with Crippen molar-refractivity contribution in [2.24, 2.45) is 5.92 Å². The van der Waals surface area contributed by atoms with Crippen LogP contribution in [0.1, 0.15) is 246 Å².